The van der Waals surface area contributed by atoms with E-state index in [9.17, 15) is 9.59 Å². The highest BCUT2D eigenvalue weighted by molar-refractivity contribution is 5.88. The van der Waals surface area contributed by atoms with E-state index in [0.717, 1.165) is 12.1 Å². The third-order valence-electron chi connectivity index (χ3n) is 1.85. The molecule has 76 valence electrons. The molecule has 4 nitrogen and oxygen atoms in total. The summed E-state index contributed by atoms with van der Waals surface area (Å²) in [5.74, 6) is -0.573. The van der Waals surface area contributed by atoms with Gasteiger partial charge in [0.2, 0.25) is 0 Å². The molecule has 14 heavy (non-hydrogen) atoms. The third-order valence-corrected chi connectivity index (χ3v) is 1.85. The van der Waals surface area contributed by atoms with Gasteiger partial charge < -0.3 is 9.72 Å². The zero-order valence-corrected chi connectivity index (χ0v) is 8.29. The van der Waals surface area contributed by atoms with Gasteiger partial charge in [-0.25, -0.2) is 4.79 Å². The molecule has 0 aliphatic rings. The molecule has 0 saturated carbocycles. The van der Waals surface area contributed by atoms with Gasteiger partial charge in [0, 0.05) is 5.69 Å². The lowest BCUT2D eigenvalue weighted by Crippen LogP contribution is -2.20. The summed E-state index contributed by atoms with van der Waals surface area (Å²) in [5.41, 5.74) is 0.481. The lowest BCUT2D eigenvalue weighted by molar-refractivity contribution is 0.0524. The average Bonchev–Trinajstić information content (AvgIpc) is 2.17. The molecule has 1 heterocycles. The van der Waals surface area contributed by atoms with Crippen LogP contribution in [0.2, 0.25) is 0 Å². The minimum absolute atomic E-state index is 0.0593. The van der Waals surface area contributed by atoms with Crippen molar-refractivity contribution in [3.05, 3.63) is 33.7 Å². The molecule has 1 aromatic rings. The smallest absolute Gasteiger partial charge is 0.343 e. The van der Waals surface area contributed by atoms with E-state index in [1.165, 1.54) is 6.07 Å². The Balaban J connectivity index is 3.00. The number of H-pyrrole nitrogens is 1. The first-order valence-corrected chi connectivity index (χ1v) is 4.58. The molecule has 0 fully saturated rings. The number of aryl methyl sites for hydroxylation is 1. The van der Waals surface area contributed by atoms with Crippen LogP contribution in [0.5, 0.6) is 0 Å². The van der Waals surface area contributed by atoms with Crippen LogP contribution in [0.4, 0.5) is 0 Å². The number of hydrogen-bond donors (Lipinski definition) is 1. The van der Waals surface area contributed by atoms with Gasteiger partial charge in [0.15, 0.2) is 0 Å². The quantitative estimate of drug-likeness (QED) is 0.735. The van der Waals surface area contributed by atoms with Crippen LogP contribution in [-0.2, 0) is 11.2 Å². The van der Waals surface area contributed by atoms with Crippen molar-refractivity contribution in [3.63, 3.8) is 0 Å². The van der Waals surface area contributed by atoms with Gasteiger partial charge >= 0.3 is 5.97 Å². The number of nitrogens with one attached hydrogen (secondary N) is 1. The van der Waals surface area contributed by atoms with E-state index < -0.39 is 5.97 Å². The summed E-state index contributed by atoms with van der Waals surface area (Å²) in [7, 11) is 0. The molecule has 0 atom stereocenters. The van der Waals surface area contributed by atoms with Gasteiger partial charge in [-0.1, -0.05) is 6.92 Å². The van der Waals surface area contributed by atoms with E-state index in [2.05, 4.69) is 4.98 Å². The molecule has 0 unspecified atom stereocenters. The molecular weight excluding hydrogens is 182 g/mol. The monoisotopic (exact) mass is 195 g/mol. The van der Waals surface area contributed by atoms with Crippen molar-refractivity contribution in [1.82, 2.24) is 4.98 Å². The highest BCUT2D eigenvalue weighted by atomic mass is 16.5. The van der Waals surface area contributed by atoms with Crippen molar-refractivity contribution in [2.75, 3.05) is 6.61 Å². The Morgan fingerprint density at radius 3 is 2.64 bits per heavy atom. The molecule has 1 rings (SSSR count). The van der Waals surface area contributed by atoms with Crippen LogP contribution in [-0.4, -0.2) is 17.6 Å². The summed E-state index contributed by atoms with van der Waals surface area (Å²) in [6.07, 6.45) is 0.734. The number of carbonyl (C=O) groups is 1. The average molecular weight is 195 g/mol. The summed E-state index contributed by atoms with van der Waals surface area (Å²) < 4.78 is 4.72. The van der Waals surface area contributed by atoms with Crippen molar-refractivity contribution in [2.24, 2.45) is 0 Å². The number of carbonyl (C=O) groups excluding carboxylic acids is 1. The fourth-order valence-corrected chi connectivity index (χ4v) is 1.09. The van der Waals surface area contributed by atoms with E-state index in [1.807, 2.05) is 6.92 Å². The van der Waals surface area contributed by atoms with E-state index >= 15 is 0 Å². The third kappa shape index (κ3) is 2.22. The molecule has 0 aliphatic heterocycles. The number of aromatic amines is 1. The van der Waals surface area contributed by atoms with Crippen LogP contribution in [0.1, 0.15) is 29.9 Å². The first-order valence-electron chi connectivity index (χ1n) is 4.58. The predicted molar refractivity (Wildman–Crippen MR) is 52.4 cm³/mol. The van der Waals surface area contributed by atoms with Crippen LogP contribution in [0.3, 0.4) is 0 Å². The Morgan fingerprint density at radius 2 is 2.14 bits per heavy atom. The molecular formula is C10H13NO3. The van der Waals surface area contributed by atoms with Crippen LogP contribution in [0.15, 0.2) is 16.9 Å². The molecule has 0 bridgehead atoms. The number of rotatable bonds is 3. The summed E-state index contributed by atoms with van der Waals surface area (Å²) in [6.45, 7) is 3.90. The fraction of sp³-hybridized carbons (Fsp3) is 0.400. The number of pyridine rings is 1. The van der Waals surface area contributed by atoms with Gasteiger partial charge in [0.1, 0.15) is 5.56 Å². The molecule has 0 aromatic carbocycles. The van der Waals surface area contributed by atoms with Gasteiger partial charge in [-0.05, 0) is 25.5 Å². The van der Waals surface area contributed by atoms with Crippen molar-refractivity contribution >= 4 is 5.97 Å². The zero-order chi connectivity index (χ0) is 10.6. The second-order valence-electron chi connectivity index (χ2n) is 2.80. The molecule has 1 N–H and O–H groups in total. The normalized spacial score (nSPS) is 9.86. The first kappa shape index (κ1) is 10.5. The molecule has 0 radical (unpaired) electrons. The van der Waals surface area contributed by atoms with E-state index in [0.29, 0.717) is 0 Å². The predicted octanol–water partition coefficient (Wildman–Crippen LogP) is 1.11. The van der Waals surface area contributed by atoms with Gasteiger partial charge in [-0.2, -0.15) is 0 Å². The fourth-order valence-electron chi connectivity index (χ4n) is 1.09. The maximum Gasteiger partial charge on any atom is 0.343 e. The lowest BCUT2D eigenvalue weighted by Gasteiger charge is -2.01. The maximum atomic E-state index is 11.4. The maximum absolute atomic E-state index is 11.4. The largest absolute Gasteiger partial charge is 0.462 e. The number of hydrogen-bond acceptors (Lipinski definition) is 3. The summed E-state index contributed by atoms with van der Waals surface area (Å²) in [5, 5.41) is 0. The van der Waals surface area contributed by atoms with Gasteiger partial charge in [0.25, 0.3) is 5.56 Å². The van der Waals surface area contributed by atoms with Gasteiger partial charge in [-0.15, -0.1) is 0 Å². The summed E-state index contributed by atoms with van der Waals surface area (Å²) >= 11 is 0. The molecule has 0 spiro atoms. The highest BCUT2D eigenvalue weighted by Crippen LogP contribution is 1.98. The zero-order valence-electron chi connectivity index (χ0n) is 8.29. The second kappa shape index (κ2) is 4.60. The Hall–Kier alpha value is -1.58. The second-order valence-corrected chi connectivity index (χ2v) is 2.80. The van der Waals surface area contributed by atoms with E-state index in [1.54, 1.807) is 13.0 Å². The SMILES string of the molecule is CCOC(=O)c1ccc(CC)[nH]c1=O. The Morgan fingerprint density at radius 1 is 1.43 bits per heavy atom. The van der Waals surface area contributed by atoms with Gasteiger partial charge in [-0.3, -0.25) is 4.79 Å². The Labute approximate surface area is 81.9 Å². The lowest BCUT2D eigenvalue weighted by atomic mass is 10.2. The number of esters is 1. The molecule has 1 aromatic heterocycles. The molecule has 4 heteroatoms. The Bertz CT molecular complexity index is 381. The molecule has 0 amide bonds. The van der Waals surface area contributed by atoms with Gasteiger partial charge in [0.05, 0.1) is 6.61 Å². The van der Waals surface area contributed by atoms with Crippen molar-refractivity contribution in [3.8, 4) is 0 Å². The minimum atomic E-state index is -0.573. The standard InChI is InChI=1S/C10H13NO3/c1-3-7-5-6-8(9(12)11-7)10(13)14-4-2/h5-6H,3-4H2,1-2H3,(H,11,12). The molecule has 0 aliphatic carbocycles. The van der Waals surface area contributed by atoms with Crippen LogP contribution in [0.25, 0.3) is 0 Å². The minimum Gasteiger partial charge on any atom is -0.462 e. The van der Waals surface area contributed by atoms with E-state index in [4.69, 9.17) is 4.74 Å². The number of aromatic nitrogens is 1. The molecule has 0 saturated heterocycles. The van der Waals surface area contributed by atoms with Crippen molar-refractivity contribution in [1.29, 1.82) is 0 Å². The topological polar surface area (TPSA) is 59.2 Å². The summed E-state index contributed by atoms with van der Waals surface area (Å²) in [4.78, 5) is 25.2. The van der Waals surface area contributed by atoms with Crippen molar-refractivity contribution < 1.29 is 9.53 Å². The van der Waals surface area contributed by atoms with Crippen LogP contribution >= 0.6 is 0 Å². The first-order chi connectivity index (χ1) is 6.69. The summed E-state index contributed by atoms with van der Waals surface area (Å²) in [6, 6.07) is 3.21. The van der Waals surface area contributed by atoms with Crippen molar-refractivity contribution in [2.45, 2.75) is 20.3 Å². The number of ether oxygens (including phenoxy) is 1. The Kier molecular flexibility index (Phi) is 3.45. The highest BCUT2D eigenvalue weighted by Gasteiger charge is 2.10. The van der Waals surface area contributed by atoms with E-state index in [-0.39, 0.29) is 17.7 Å². The van der Waals surface area contributed by atoms with Crippen LogP contribution in [0, 0.1) is 0 Å². The van der Waals surface area contributed by atoms with Crippen LogP contribution < -0.4 is 5.56 Å².